The van der Waals surface area contributed by atoms with Crippen LogP contribution < -0.4 is 0 Å². The Morgan fingerprint density at radius 3 is 2.36 bits per heavy atom. The molecule has 4 rings (SSSR count). The monoisotopic (exact) mass is 447 g/mol. The van der Waals surface area contributed by atoms with E-state index in [-0.39, 0.29) is 18.6 Å². The third-order valence-corrected chi connectivity index (χ3v) is 6.89. The fourth-order valence-electron chi connectivity index (χ4n) is 5.64. The zero-order chi connectivity index (χ0) is 23.7. The van der Waals surface area contributed by atoms with Crippen molar-refractivity contribution in [2.75, 3.05) is 6.61 Å². The highest BCUT2D eigenvalue weighted by atomic mass is 16.6. The summed E-state index contributed by atoms with van der Waals surface area (Å²) in [6, 6.07) is 19.9. The van der Waals surface area contributed by atoms with Crippen LogP contribution in [0.25, 0.3) is 0 Å². The Morgan fingerprint density at radius 2 is 1.76 bits per heavy atom. The molecule has 5 nitrogen and oxygen atoms in total. The van der Waals surface area contributed by atoms with E-state index in [1.54, 1.807) is 0 Å². The number of ether oxygens (including phenoxy) is 1. The average Bonchev–Trinajstić information content (AvgIpc) is 3.04. The van der Waals surface area contributed by atoms with E-state index < -0.39 is 22.7 Å². The molecule has 0 amide bonds. The molecule has 0 aliphatic carbocycles. The highest BCUT2D eigenvalue weighted by Crippen LogP contribution is 2.58. The standard InChI is InChI=1S/C28H33NO4/c1-26(2,3)33-25(31)23-19-28(22-13-8-5-9-14-22)27(32,16-10-18-30)17-15-24(23)29(28)20-21-11-6-4-7-12-21/h4-9,11-14,23-24,30,32H,15,17-20H2,1-3H3/t23?,24-,27+,28+/m0/s1. The number of hydrogen-bond donors (Lipinski definition) is 2. The topological polar surface area (TPSA) is 70.0 Å². The Balaban J connectivity index is 1.88. The molecule has 2 heterocycles. The van der Waals surface area contributed by atoms with Crippen LogP contribution in [0.3, 0.4) is 0 Å². The lowest BCUT2D eigenvalue weighted by molar-refractivity contribution is -0.161. The van der Waals surface area contributed by atoms with E-state index in [1.165, 1.54) is 0 Å². The number of rotatable bonds is 4. The summed E-state index contributed by atoms with van der Waals surface area (Å²) in [4.78, 5) is 15.7. The number of esters is 1. The Kier molecular flexibility index (Phi) is 6.37. The molecule has 2 fully saturated rings. The Labute approximate surface area is 196 Å². The minimum Gasteiger partial charge on any atom is -0.460 e. The summed E-state index contributed by atoms with van der Waals surface area (Å²) >= 11 is 0. The van der Waals surface area contributed by atoms with Gasteiger partial charge in [0.1, 0.15) is 17.8 Å². The number of nitrogens with zero attached hydrogens (tertiary/aromatic N) is 1. The van der Waals surface area contributed by atoms with Gasteiger partial charge in [0.2, 0.25) is 0 Å². The number of carbonyl (C=O) groups excluding carboxylic acids is 1. The zero-order valence-corrected chi connectivity index (χ0v) is 19.6. The first kappa shape index (κ1) is 23.5. The molecule has 2 aromatic carbocycles. The Bertz CT molecular complexity index is 1040. The van der Waals surface area contributed by atoms with E-state index in [2.05, 4.69) is 28.9 Å². The van der Waals surface area contributed by atoms with Gasteiger partial charge in [0.15, 0.2) is 0 Å². The maximum Gasteiger partial charge on any atom is 0.311 e. The van der Waals surface area contributed by atoms with Crippen molar-refractivity contribution in [3.05, 3.63) is 71.8 Å². The summed E-state index contributed by atoms with van der Waals surface area (Å²) in [7, 11) is 0. The van der Waals surface area contributed by atoms with Gasteiger partial charge in [0.05, 0.1) is 11.5 Å². The Hall–Kier alpha value is -2.65. The predicted molar refractivity (Wildman–Crippen MR) is 127 cm³/mol. The molecule has 2 saturated heterocycles. The van der Waals surface area contributed by atoms with Gasteiger partial charge < -0.3 is 14.9 Å². The Morgan fingerprint density at radius 1 is 1.12 bits per heavy atom. The van der Waals surface area contributed by atoms with Crippen LogP contribution in [0.4, 0.5) is 0 Å². The van der Waals surface area contributed by atoms with Gasteiger partial charge >= 0.3 is 5.97 Å². The molecule has 174 valence electrons. The molecular formula is C28H33NO4. The molecule has 5 heteroatoms. The SMILES string of the molecule is CC(C)(C)OC(=O)C1C[C@]2(c3ccccc3)N(Cc3ccccc3)[C@H]1CC[C@]2(O)C#CCO. The lowest BCUT2D eigenvalue weighted by Crippen LogP contribution is -2.63. The summed E-state index contributed by atoms with van der Waals surface area (Å²) in [5.74, 6) is 5.09. The second-order valence-corrected chi connectivity index (χ2v) is 10.1. The van der Waals surface area contributed by atoms with Crippen molar-refractivity contribution < 1.29 is 19.7 Å². The maximum atomic E-state index is 13.4. The normalized spacial score (nSPS) is 29.2. The zero-order valence-electron chi connectivity index (χ0n) is 19.6. The minimum absolute atomic E-state index is 0.0866. The van der Waals surface area contributed by atoms with Crippen LogP contribution in [-0.2, 0) is 21.6 Å². The fourth-order valence-corrected chi connectivity index (χ4v) is 5.64. The first-order valence-electron chi connectivity index (χ1n) is 11.6. The van der Waals surface area contributed by atoms with Crippen LogP contribution in [0.2, 0.25) is 0 Å². The summed E-state index contributed by atoms with van der Waals surface area (Å²) in [5.41, 5.74) is -0.890. The molecule has 0 aromatic heterocycles. The van der Waals surface area contributed by atoms with E-state index >= 15 is 0 Å². The largest absolute Gasteiger partial charge is 0.460 e. The fraction of sp³-hybridized carbons (Fsp3) is 0.464. The smallest absolute Gasteiger partial charge is 0.311 e. The van der Waals surface area contributed by atoms with Gasteiger partial charge in [-0.25, -0.2) is 0 Å². The summed E-state index contributed by atoms with van der Waals surface area (Å²) in [5, 5.41) is 21.5. The molecule has 1 unspecified atom stereocenters. The second kappa shape index (κ2) is 8.95. The van der Waals surface area contributed by atoms with E-state index in [0.717, 1.165) is 11.1 Å². The molecule has 2 N–H and O–H groups in total. The van der Waals surface area contributed by atoms with Gasteiger partial charge in [-0.1, -0.05) is 72.5 Å². The van der Waals surface area contributed by atoms with Crippen molar-refractivity contribution >= 4 is 5.97 Å². The van der Waals surface area contributed by atoms with E-state index in [1.807, 2.05) is 69.3 Å². The lowest BCUT2D eigenvalue weighted by Gasteiger charge is -2.53. The number of aliphatic hydroxyl groups is 2. The highest BCUT2D eigenvalue weighted by Gasteiger charge is 2.67. The summed E-state index contributed by atoms with van der Waals surface area (Å²) in [6.45, 7) is 5.88. The third kappa shape index (κ3) is 4.31. The van der Waals surface area contributed by atoms with E-state index in [0.29, 0.717) is 25.8 Å². The van der Waals surface area contributed by atoms with Crippen LogP contribution in [0.5, 0.6) is 0 Å². The van der Waals surface area contributed by atoms with Crippen molar-refractivity contribution in [2.24, 2.45) is 5.92 Å². The number of hydrogen-bond acceptors (Lipinski definition) is 5. The number of benzene rings is 2. The van der Waals surface area contributed by atoms with E-state index in [4.69, 9.17) is 4.74 Å². The quantitative estimate of drug-likeness (QED) is 0.553. The molecule has 2 aromatic rings. The van der Waals surface area contributed by atoms with Gasteiger partial charge in [-0.15, -0.1) is 0 Å². The van der Waals surface area contributed by atoms with Gasteiger partial charge in [-0.2, -0.15) is 0 Å². The molecule has 2 aliphatic heterocycles. The number of fused-ring (bicyclic) bond motifs is 2. The summed E-state index contributed by atoms with van der Waals surface area (Å²) in [6.07, 6.45) is 1.44. The molecule has 0 saturated carbocycles. The summed E-state index contributed by atoms with van der Waals surface area (Å²) < 4.78 is 5.84. The molecule has 33 heavy (non-hydrogen) atoms. The highest BCUT2D eigenvalue weighted by molar-refractivity contribution is 5.75. The van der Waals surface area contributed by atoms with Crippen LogP contribution in [0.1, 0.15) is 51.2 Å². The maximum absolute atomic E-state index is 13.4. The van der Waals surface area contributed by atoms with Crippen LogP contribution in [0, 0.1) is 17.8 Å². The first-order valence-corrected chi connectivity index (χ1v) is 11.6. The molecule has 0 radical (unpaired) electrons. The number of carbonyl (C=O) groups is 1. The molecule has 4 atom stereocenters. The number of piperidine rings is 1. The van der Waals surface area contributed by atoms with Gasteiger partial charge in [0.25, 0.3) is 0 Å². The van der Waals surface area contributed by atoms with Crippen molar-refractivity contribution in [2.45, 2.75) is 69.4 Å². The van der Waals surface area contributed by atoms with Crippen molar-refractivity contribution in [3.63, 3.8) is 0 Å². The molecular weight excluding hydrogens is 414 g/mol. The predicted octanol–water partition coefficient (Wildman–Crippen LogP) is 3.63. The van der Waals surface area contributed by atoms with Crippen molar-refractivity contribution in [1.29, 1.82) is 0 Å². The van der Waals surface area contributed by atoms with Crippen molar-refractivity contribution in [3.8, 4) is 11.8 Å². The van der Waals surface area contributed by atoms with Crippen LogP contribution in [-0.4, -0.2) is 44.9 Å². The van der Waals surface area contributed by atoms with Crippen molar-refractivity contribution in [1.82, 2.24) is 4.90 Å². The number of aliphatic hydroxyl groups excluding tert-OH is 1. The van der Waals surface area contributed by atoms with Crippen LogP contribution in [0.15, 0.2) is 60.7 Å². The third-order valence-electron chi connectivity index (χ3n) is 6.89. The van der Waals surface area contributed by atoms with Gasteiger partial charge in [0, 0.05) is 12.6 Å². The first-order chi connectivity index (χ1) is 15.7. The lowest BCUT2D eigenvalue weighted by atomic mass is 9.69. The van der Waals surface area contributed by atoms with Gasteiger partial charge in [-0.05, 0) is 51.2 Å². The average molecular weight is 448 g/mol. The second-order valence-electron chi connectivity index (χ2n) is 10.1. The van der Waals surface area contributed by atoms with Crippen LogP contribution >= 0.6 is 0 Å². The molecule has 2 aliphatic rings. The van der Waals surface area contributed by atoms with E-state index in [9.17, 15) is 15.0 Å². The minimum atomic E-state index is -1.42. The molecule has 2 bridgehead atoms. The molecule has 0 spiro atoms. The van der Waals surface area contributed by atoms with Gasteiger partial charge in [-0.3, -0.25) is 9.69 Å².